The van der Waals surface area contributed by atoms with E-state index >= 15 is 0 Å². The summed E-state index contributed by atoms with van der Waals surface area (Å²) in [6.45, 7) is 6.98. The van der Waals surface area contributed by atoms with Gasteiger partial charge in [-0.2, -0.15) is 0 Å². The number of benzene rings is 2. The molecule has 0 spiro atoms. The molecule has 2 aliphatic rings. The monoisotopic (exact) mass is 392 g/mol. The summed E-state index contributed by atoms with van der Waals surface area (Å²) < 4.78 is 11.5. The van der Waals surface area contributed by atoms with Crippen molar-refractivity contribution < 1.29 is 9.31 Å². The van der Waals surface area contributed by atoms with Crippen molar-refractivity contribution in [3.8, 4) is 11.5 Å². The van der Waals surface area contributed by atoms with Crippen LogP contribution in [0.5, 0.6) is 11.5 Å². The summed E-state index contributed by atoms with van der Waals surface area (Å²) >= 11 is 0. The smallest absolute Gasteiger partial charge is 0.529 e. The molecule has 2 aliphatic heterocycles. The molecule has 154 valence electrons. The molecule has 2 aromatic carbocycles. The predicted molar refractivity (Wildman–Crippen MR) is 120 cm³/mol. The van der Waals surface area contributed by atoms with Gasteiger partial charge in [0.15, 0.2) is 0 Å². The van der Waals surface area contributed by atoms with E-state index in [2.05, 4.69) is 34.1 Å². The topological polar surface area (TPSA) is 24.9 Å². The number of likely N-dealkylation sites (tertiary alicyclic amines) is 2. The minimum absolute atomic E-state index is 0.233. The molecule has 0 N–H and O–H groups in total. The van der Waals surface area contributed by atoms with Gasteiger partial charge in [-0.25, -0.2) is 0 Å². The van der Waals surface area contributed by atoms with E-state index in [0.717, 1.165) is 24.6 Å². The molecule has 5 heteroatoms. The fourth-order valence-electron chi connectivity index (χ4n) is 4.30. The van der Waals surface area contributed by atoms with Gasteiger partial charge < -0.3 is 9.31 Å². The van der Waals surface area contributed by atoms with E-state index in [1.165, 1.54) is 75.8 Å². The van der Waals surface area contributed by atoms with E-state index in [-0.39, 0.29) is 7.69 Å². The van der Waals surface area contributed by atoms with Crippen LogP contribution in [0.2, 0.25) is 0 Å². The Morgan fingerprint density at radius 2 is 0.931 bits per heavy atom. The van der Waals surface area contributed by atoms with Gasteiger partial charge in [0.1, 0.15) is 11.5 Å². The largest absolute Gasteiger partial charge is 0.576 e. The van der Waals surface area contributed by atoms with Crippen molar-refractivity contribution in [2.75, 3.05) is 26.2 Å². The van der Waals surface area contributed by atoms with E-state index in [0.29, 0.717) is 0 Å². The van der Waals surface area contributed by atoms with Gasteiger partial charge in [0.05, 0.1) is 0 Å². The van der Waals surface area contributed by atoms with Gasteiger partial charge in [0, 0.05) is 13.1 Å². The molecule has 2 saturated heterocycles. The fourth-order valence-corrected chi connectivity index (χ4v) is 4.30. The van der Waals surface area contributed by atoms with Crippen molar-refractivity contribution in [3.63, 3.8) is 0 Å². The Morgan fingerprint density at radius 1 is 0.552 bits per heavy atom. The third-order valence-electron chi connectivity index (χ3n) is 6.01. The molecule has 0 aromatic heterocycles. The summed E-state index contributed by atoms with van der Waals surface area (Å²) in [5, 5.41) is 0. The maximum absolute atomic E-state index is 5.76. The third-order valence-corrected chi connectivity index (χ3v) is 6.01. The maximum atomic E-state index is 5.76. The lowest BCUT2D eigenvalue weighted by Gasteiger charge is -2.26. The summed E-state index contributed by atoms with van der Waals surface area (Å²) in [6, 6.07) is 16.8. The maximum Gasteiger partial charge on any atom is 0.576 e. The lowest BCUT2D eigenvalue weighted by atomic mass is 10.1. The molecule has 0 radical (unpaired) electrons. The molecule has 29 heavy (non-hydrogen) atoms. The summed E-state index contributed by atoms with van der Waals surface area (Å²) in [7, 11) is 0.233. The van der Waals surface area contributed by atoms with E-state index in [9.17, 15) is 0 Å². The highest BCUT2D eigenvalue weighted by molar-refractivity contribution is 6.20. The zero-order valence-corrected chi connectivity index (χ0v) is 17.5. The number of piperidine rings is 2. The Balaban J connectivity index is 1.18. The van der Waals surface area contributed by atoms with Crippen molar-refractivity contribution in [2.45, 2.75) is 51.6 Å². The average molecular weight is 392 g/mol. The lowest BCUT2D eigenvalue weighted by molar-refractivity contribution is 0.221. The molecule has 4 rings (SSSR count). The van der Waals surface area contributed by atoms with E-state index in [1.807, 2.05) is 24.3 Å². The minimum atomic E-state index is 0.233. The Bertz CT molecular complexity index is 660. The Labute approximate surface area is 176 Å². The van der Waals surface area contributed by atoms with Crippen LogP contribution in [0.3, 0.4) is 0 Å². The van der Waals surface area contributed by atoms with E-state index < -0.39 is 0 Å². The molecule has 2 aromatic rings. The highest BCUT2D eigenvalue weighted by Gasteiger charge is 2.11. The van der Waals surface area contributed by atoms with Crippen LogP contribution in [0.25, 0.3) is 0 Å². The first-order valence-corrected chi connectivity index (χ1v) is 11.2. The Kier molecular flexibility index (Phi) is 7.49. The SMILES string of the molecule is B(Oc1ccc(CN2CCCCC2)cc1)Oc1ccc(CN2CCCCC2)cc1. The first-order valence-electron chi connectivity index (χ1n) is 11.2. The van der Waals surface area contributed by atoms with Crippen molar-refractivity contribution in [3.05, 3.63) is 59.7 Å². The van der Waals surface area contributed by atoms with Crippen LogP contribution in [-0.4, -0.2) is 43.7 Å². The van der Waals surface area contributed by atoms with Gasteiger partial charge in [-0.15, -0.1) is 0 Å². The standard InChI is InChI=1S/C24H33BN2O2/c1-3-15-26(16-4-1)19-21-7-11-23(12-8-21)28-25-29-24-13-9-22(10-14-24)20-27-17-5-2-6-18-27/h7-14,25H,1-6,15-20H2. The number of rotatable bonds is 8. The highest BCUT2D eigenvalue weighted by atomic mass is 16.6. The van der Waals surface area contributed by atoms with Crippen molar-refractivity contribution >= 4 is 7.69 Å². The second-order valence-electron chi connectivity index (χ2n) is 8.37. The Hall–Kier alpha value is -1.98. The highest BCUT2D eigenvalue weighted by Crippen LogP contribution is 2.18. The van der Waals surface area contributed by atoms with Crippen LogP contribution in [0.1, 0.15) is 49.7 Å². The molecule has 0 bridgehead atoms. The molecular weight excluding hydrogens is 359 g/mol. The van der Waals surface area contributed by atoms with Gasteiger partial charge in [-0.3, -0.25) is 9.80 Å². The summed E-state index contributed by atoms with van der Waals surface area (Å²) in [4.78, 5) is 5.08. The first-order chi connectivity index (χ1) is 14.3. The minimum Gasteiger partial charge on any atom is -0.529 e. The second kappa shape index (κ2) is 10.7. The number of nitrogens with zero attached hydrogens (tertiary/aromatic N) is 2. The molecule has 0 saturated carbocycles. The molecule has 0 unspecified atom stereocenters. The van der Waals surface area contributed by atoms with Gasteiger partial charge >= 0.3 is 7.69 Å². The van der Waals surface area contributed by atoms with Crippen molar-refractivity contribution in [1.29, 1.82) is 0 Å². The Morgan fingerprint density at radius 3 is 1.31 bits per heavy atom. The summed E-state index contributed by atoms with van der Waals surface area (Å²) in [5.41, 5.74) is 2.70. The fraction of sp³-hybridized carbons (Fsp3) is 0.500. The van der Waals surface area contributed by atoms with E-state index in [4.69, 9.17) is 9.31 Å². The molecule has 0 amide bonds. The zero-order valence-electron chi connectivity index (χ0n) is 17.5. The van der Waals surface area contributed by atoms with Crippen LogP contribution in [0.4, 0.5) is 0 Å². The van der Waals surface area contributed by atoms with Crippen LogP contribution in [0, 0.1) is 0 Å². The molecule has 0 atom stereocenters. The predicted octanol–water partition coefficient (Wildman–Crippen LogP) is 4.38. The molecule has 2 heterocycles. The molecule has 2 fully saturated rings. The van der Waals surface area contributed by atoms with Crippen LogP contribution < -0.4 is 9.31 Å². The summed E-state index contributed by atoms with van der Waals surface area (Å²) in [6.07, 6.45) is 8.08. The van der Waals surface area contributed by atoms with Gasteiger partial charge in [-0.05, 0) is 87.3 Å². The van der Waals surface area contributed by atoms with Crippen LogP contribution in [0.15, 0.2) is 48.5 Å². The lowest BCUT2D eigenvalue weighted by Crippen LogP contribution is -2.29. The van der Waals surface area contributed by atoms with Crippen LogP contribution >= 0.6 is 0 Å². The molecule has 4 nitrogen and oxygen atoms in total. The normalized spacial score (nSPS) is 18.3. The quantitative estimate of drug-likeness (QED) is 0.623. The zero-order chi connectivity index (χ0) is 19.7. The average Bonchev–Trinajstić information content (AvgIpc) is 2.78. The molecular formula is C24H33BN2O2. The number of hydrogen-bond donors (Lipinski definition) is 0. The van der Waals surface area contributed by atoms with Gasteiger partial charge in [0.25, 0.3) is 0 Å². The van der Waals surface area contributed by atoms with E-state index in [1.54, 1.807) is 0 Å². The summed E-state index contributed by atoms with van der Waals surface area (Å²) in [5.74, 6) is 1.71. The number of hydrogen-bond acceptors (Lipinski definition) is 4. The van der Waals surface area contributed by atoms with Gasteiger partial charge in [0.2, 0.25) is 0 Å². The second-order valence-corrected chi connectivity index (χ2v) is 8.37. The van der Waals surface area contributed by atoms with Crippen molar-refractivity contribution in [1.82, 2.24) is 9.80 Å². The third kappa shape index (κ3) is 6.51. The molecule has 0 aliphatic carbocycles. The van der Waals surface area contributed by atoms with Crippen molar-refractivity contribution in [2.24, 2.45) is 0 Å². The first kappa shape index (κ1) is 20.3. The van der Waals surface area contributed by atoms with Gasteiger partial charge in [-0.1, -0.05) is 37.1 Å². The van der Waals surface area contributed by atoms with Crippen LogP contribution in [-0.2, 0) is 13.1 Å².